The minimum Gasteiger partial charge on any atom is -0.375 e. The molecule has 1 aromatic heterocycles. The Balaban J connectivity index is 1.33. The molecule has 0 radical (unpaired) electrons. The molecule has 1 spiro atoms. The van der Waals surface area contributed by atoms with Crippen LogP contribution < -0.4 is 5.32 Å². The van der Waals surface area contributed by atoms with Crippen molar-refractivity contribution in [3.8, 4) is 0 Å². The van der Waals surface area contributed by atoms with E-state index in [0.29, 0.717) is 17.9 Å². The molecule has 3 heterocycles. The number of aromatic nitrogens is 1. The first-order valence-corrected chi connectivity index (χ1v) is 8.75. The third-order valence-corrected chi connectivity index (χ3v) is 5.67. The summed E-state index contributed by atoms with van der Waals surface area (Å²) >= 11 is 0. The van der Waals surface area contributed by atoms with Gasteiger partial charge in [0.1, 0.15) is 0 Å². The van der Waals surface area contributed by atoms with Crippen LogP contribution in [-0.2, 0) is 11.3 Å². The Labute approximate surface area is 133 Å². The summed E-state index contributed by atoms with van der Waals surface area (Å²) in [6.07, 6.45) is 6.05. The molecule has 0 unspecified atom stereocenters. The van der Waals surface area contributed by atoms with Gasteiger partial charge in [-0.3, -0.25) is 4.98 Å². The van der Waals surface area contributed by atoms with Crippen LogP contribution in [0.5, 0.6) is 0 Å². The minimum atomic E-state index is 0.457. The molecule has 4 nitrogen and oxygen atoms in total. The zero-order valence-electron chi connectivity index (χ0n) is 13.3. The first-order chi connectivity index (χ1) is 10.8. The molecule has 1 N–H and O–H groups in total. The van der Waals surface area contributed by atoms with Crippen LogP contribution in [-0.4, -0.2) is 49.2 Å². The van der Waals surface area contributed by atoms with Crippen molar-refractivity contribution in [2.75, 3.05) is 39.3 Å². The van der Waals surface area contributed by atoms with Crippen molar-refractivity contribution in [1.29, 1.82) is 0 Å². The van der Waals surface area contributed by atoms with E-state index in [1.807, 2.05) is 24.4 Å². The van der Waals surface area contributed by atoms with E-state index in [1.165, 1.54) is 52.0 Å². The second kappa shape index (κ2) is 6.26. The molecule has 2 aliphatic heterocycles. The Hall–Kier alpha value is -0.970. The standard InChI is InChI=1S/C18H27N3O/c1-2-7-20-17(3-1)12-22-11-16-10-21(9-15-4-5-15)14-18(16)6-8-19-13-18/h1-3,7,15-16,19H,4-6,8-14H2/t16-,18-/m0/s1. The Morgan fingerprint density at radius 2 is 2.32 bits per heavy atom. The Kier molecular flexibility index (Phi) is 4.16. The van der Waals surface area contributed by atoms with Gasteiger partial charge in [-0.2, -0.15) is 0 Å². The predicted octanol–water partition coefficient (Wildman–Crippen LogP) is 1.92. The number of likely N-dealkylation sites (tertiary alicyclic amines) is 1. The molecule has 0 aromatic carbocycles. The van der Waals surface area contributed by atoms with Gasteiger partial charge in [0.2, 0.25) is 0 Å². The van der Waals surface area contributed by atoms with Gasteiger partial charge >= 0.3 is 0 Å². The van der Waals surface area contributed by atoms with Crippen LogP contribution >= 0.6 is 0 Å². The van der Waals surface area contributed by atoms with Gasteiger partial charge in [-0.05, 0) is 43.9 Å². The van der Waals surface area contributed by atoms with Gasteiger partial charge in [-0.15, -0.1) is 0 Å². The lowest BCUT2D eigenvalue weighted by Gasteiger charge is -2.29. The van der Waals surface area contributed by atoms with Crippen LogP contribution in [0.15, 0.2) is 24.4 Å². The summed E-state index contributed by atoms with van der Waals surface area (Å²) in [4.78, 5) is 7.05. The van der Waals surface area contributed by atoms with E-state index >= 15 is 0 Å². The van der Waals surface area contributed by atoms with Gasteiger partial charge < -0.3 is 15.0 Å². The first kappa shape index (κ1) is 14.6. The molecule has 2 atom stereocenters. The Morgan fingerprint density at radius 3 is 3.05 bits per heavy atom. The molecular formula is C18H27N3O. The van der Waals surface area contributed by atoms with Crippen LogP contribution in [0.3, 0.4) is 0 Å². The normalized spacial score (nSPS) is 32.1. The van der Waals surface area contributed by atoms with Crippen LogP contribution in [0.4, 0.5) is 0 Å². The lowest BCUT2D eigenvalue weighted by atomic mass is 9.78. The molecular weight excluding hydrogens is 274 g/mol. The maximum absolute atomic E-state index is 6.04. The lowest BCUT2D eigenvalue weighted by molar-refractivity contribution is 0.0540. The van der Waals surface area contributed by atoms with E-state index in [-0.39, 0.29) is 0 Å². The van der Waals surface area contributed by atoms with Crippen LogP contribution in [0.2, 0.25) is 0 Å². The topological polar surface area (TPSA) is 37.4 Å². The lowest BCUT2D eigenvalue weighted by Crippen LogP contribution is -2.35. The Bertz CT molecular complexity index is 482. The zero-order chi connectivity index (χ0) is 14.8. The van der Waals surface area contributed by atoms with Gasteiger partial charge in [-0.1, -0.05) is 6.07 Å². The van der Waals surface area contributed by atoms with E-state index in [2.05, 4.69) is 15.2 Å². The summed E-state index contributed by atoms with van der Waals surface area (Å²) in [7, 11) is 0. The average Bonchev–Trinajstić information content (AvgIpc) is 3.12. The highest BCUT2D eigenvalue weighted by Gasteiger charge is 2.48. The first-order valence-electron chi connectivity index (χ1n) is 8.75. The summed E-state index contributed by atoms with van der Waals surface area (Å²) in [5.41, 5.74) is 1.49. The second-order valence-electron chi connectivity index (χ2n) is 7.46. The third-order valence-electron chi connectivity index (χ3n) is 5.67. The quantitative estimate of drug-likeness (QED) is 0.871. The fraction of sp³-hybridized carbons (Fsp3) is 0.722. The fourth-order valence-corrected chi connectivity index (χ4v) is 4.21. The van der Waals surface area contributed by atoms with Gasteiger partial charge in [-0.25, -0.2) is 0 Å². The molecule has 120 valence electrons. The number of rotatable bonds is 6. The smallest absolute Gasteiger partial charge is 0.0887 e. The highest BCUT2D eigenvalue weighted by atomic mass is 16.5. The van der Waals surface area contributed by atoms with E-state index in [0.717, 1.165) is 18.2 Å². The second-order valence-corrected chi connectivity index (χ2v) is 7.46. The number of hydrogen-bond acceptors (Lipinski definition) is 4. The molecule has 0 amide bonds. The van der Waals surface area contributed by atoms with Crippen molar-refractivity contribution in [3.63, 3.8) is 0 Å². The van der Waals surface area contributed by atoms with Gasteiger partial charge in [0.15, 0.2) is 0 Å². The van der Waals surface area contributed by atoms with Gasteiger partial charge in [0, 0.05) is 43.7 Å². The monoisotopic (exact) mass is 301 g/mol. The highest BCUT2D eigenvalue weighted by molar-refractivity contribution is 5.03. The number of ether oxygens (including phenoxy) is 1. The van der Waals surface area contributed by atoms with Crippen molar-refractivity contribution in [2.45, 2.75) is 25.9 Å². The molecule has 1 aromatic rings. The molecule has 0 bridgehead atoms. The van der Waals surface area contributed by atoms with Crippen LogP contribution in [0.1, 0.15) is 25.0 Å². The summed E-state index contributed by atoms with van der Waals surface area (Å²) < 4.78 is 6.04. The van der Waals surface area contributed by atoms with Crippen molar-refractivity contribution in [1.82, 2.24) is 15.2 Å². The van der Waals surface area contributed by atoms with E-state index in [4.69, 9.17) is 4.74 Å². The molecule has 1 aliphatic carbocycles. The van der Waals surface area contributed by atoms with E-state index < -0.39 is 0 Å². The van der Waals surface area contributed by atoms with Gasteiger partial charge in [0.25, 0.3) is 0 Å². The highest BCUT2D eigenvalue weighted by Crippen LogP contribution is 2.43. The third kappa shape index (κ3) is 3.19. The van der Waals surface area contributed by atoms with E-state index in [9.17, 15) is 0 Å². The molecule has 2 saturated heterocycles. The molecule has 22 heavy (non-hydrogen) atoms. The number of pyridine rings is 1. The van der Waals surface area contributed by atoms with E-state index in [1.54, 1.807) is 0 Å². The zero-order valence-corrected chi connectivity index (χ0v) is 13.3. The van der Waals surface area contributed by atoms with Gasteiger partial charge in [0.05, 0.1) is 18.9 Å². The van der Waals surface area contributed by atoms with Crippen molar-refractivity contribution in [3.05, 3.63) is 30.1 Å². The molecule has 4 heteroatoms. The number of nitrogens with one attached hydrogen (secondary N) is 1. The molecule has 3 aliphatic rings. The maximum atomic E-state index is 6.04. The predicted molar refractivity (Wildman–Crippen MR) is 86.5 cm³/mol. The minimum absolute atomic E-state index is 0.457. The number of hydrogen-bond donors (Lipinski definition) is 1. The molecule has 1 saturated carbocycles. The summed E-state index contributed by atoms with van der Waals surface area (Å²) in [5, 5.41) is 3.59. The average molecular weight is 301 g/mol. The molecule has 4 rings (SSSR count). The summed E-state index contributed by atoms with van der Waals surface area (Å²) in [6.45, 7) is 7.68. The number of nitrogens with zero attached hydrogens (tertiary/aromatic N) is 2. The van der Waals surface area contributed by atoms with Crippen LogP contribution in [0, 0.1) is 17.3 Å². The fourth-order valence-electron chi connectivity index (χ4n) is 4.21. The Morgan fingerprint density at radius 1 is 1.36 bits per heavy atom. The van der Waals surface area contributed by atoms with Crippen LogP contribution in [0.25, 0.3) is 0 Å². The SMILES string of the molecule is c1ccc(COC[C@@H]2CN(CC3CC3)C[C@@]23CCNC3)nc1. The van der Waals surface area contributed by atoms with Crippen molar-refractivity contribution < 1.29 is 4.74 Å². The van der Waals surface area contributed by atoms with Crippen molar-refractivity contribution >= 4 is 0 Å². The van der Waals surface area contributed by atoms with Crippen molar-refractivity contribution in [2.24, 2.45) is 17.3 Å². The summed E-state index contributed by atoms with van der Waals surface area (Å²) in [6, 6.07) is 6.03. The molecule has 3 fully saturated rings. The summed E-state index contributed by atoms with van der Waals surface area (Å²) in [5.74, 6) is 1.66. The maximum Gasteiger partial charge on any atom is 0.0887 e. The largest absolute Gasteiger partial charge is 0.375 e.